The third-order valence-corrected chi connectivity index (χ3v) is 2.66. The number of hydrogen-bond acceptors (Lipinski definition) is 4. The number of Topliss-reactive ketones (excluding diaryl/α,β-unsaturated/α-hetero) is 1. The predicted octanol–water partition coefficient (Wildman–Crippen LogP) is 0.646. The van der Waals surface area contributed by atoms with Crippen LogP contribution >= 0.6 is 0 Å². The summed E-state index contributed by atoms with van der Waals surface area (Å²) in [4.78, 5) is 15.8. The molecule has 0 aliphatic heterocycles. The maximum absolute atomic E-state index is 11.6. The van der Waals surface area contributed by atoms with Gasteiger partial charge in [-0.05, 0) is 12.8 Å². The number of nitrogens with zero attached hydrogens (tertiary/aromatic N) is 4. The van der Waals surface area contributed by atoms with Crippen LogP contribution in [0.15, 0.2) is 18.7 Å². The van der Waals surface area contributed by atoms with E-state index in [0.29, 0.717) is 12.1 Å². The molecule has 0 radical (unpaired) electrons. The molecule has 5 nitrogen and oxygen atoms in total. The second kappa shape index (κ2) is 3.12. The van der Waals surface area contributed by atoms with Crippen LogP contribution in [-0.2, 0) is 11.2 Å². The topological polar surface area (TPSA) is 60.2 Å². The van der Waals surface area contributed by atoms with Gasteiger partial charge < -0.3 is 0 Å². The maximum Gasteiger partial charge on any atom is 0.182 e. The van der Waals surface area contributed by atoms with Gasteiger partial charge >= 0.3 is 0 Å². The van der Waals surface area contributed by atoms with Crippen LogP contribution in [0.2, 0.25) is 0 Å². The fourth-order valence-electron chi connectivity index (χ4n) is 1.65. The van der Waals surface area contributed by atoms with Crippen LogP contribution in [0.3, 0.4) is 0 Å². The first-order valence-corrected chi connectivity index (χ1v) is 5.00. The lowest BCUT2D eigenvalue weighted by atomic mass is 10.1. The molecular formula is C10H10N4O. The SMILES string of the molecule is O=C(Cc1nccn2cnnc12)C1CC1. The zero-order chi connectivity index (χ0) is 10.3. The van der Waals surface area contributed by atoms with Crippen LogP contribution in [0.1, 0.15) is 18.5 Å². The normalized spacial score (nSPS) is 15.7. The Kier molecular flexibility index (Phi) is 1.77. The Hall–Kier alpha value is -1.78. The molecule has 0 spiro atoms. The van der Waals surface area contributed by atoms with Gasteiger partial charge in [-0.2, -0.15) is 0 Å². The van der Waals surface area contributed by atoms with Gasteiger partial charge in [-0.3, -0.25) is 14.2 Å². The standard InChI is InChI=1S/C10H10N4O/c15-9(7-1-2-7)5-8-10-13-12-6-14(10)4-3-11-8/h3-4,6-7H,1-2,5H2. The lowest BCUT2D eigenvalue weighted by molar-refractivity contribution is -0.119. The zero-order valence-corrected chi connectivity index (χ0v) is 8.13. The van der Waals surface area contributed by atoms with Crippen molar-refractivity contribution >= 4 is 11.4 Å². The van der Waals surface area contributed by atoms with Crippen LogP contribution in [0.5, 0.6) is 0 Å². The van der Waals surface area contributed by atoms with Gasteiger partial charge in [-0.1, -0.05) is 0 Å². The first-order valence-electron chi connectivity index (χ1n) is 5.00. The van der Waals surface area contributed by atoms with Crippen LogP contribution in [-0.4, -0.2) is 25.4 Å². The van der Waals surface area contributed by atoms with E-state index in [1.807, 2.05) is 0 Å². The van der Waals surface area contributed by atoms with E-state index >= 15 is 0 Å². The summed E-state index contributed by atoms with van der Waals surface area (Å²) in [6, 6.07) is 0. The molecular weight excluding hydrogens is 192 g/mol. The number of carbonyl (C=O) groups is 1. The summed E-state index contributed by atoms with van der Waals surface area (Å²) in [7, 11) is 0. The van der Waals surface area contributed by atoms with E-state index in [1.54, 1.807) is 23.1 Å². The van der Waals surface area contributed by atoms with Gasteiger partial charge in [0.15, 0.2) is 5.65 Å². The Morgan fingerprint density at radius 3 is 3.20 bits per heavy atom. The van der Waals surface area contributed by atoms with Crippen LogP contribution in [0, 0.1) is 5.92 Å². The fraction of sp³-hybridized carbons (Fsp3) is 0.400. The quantitative estimate of drug-likeness (QED) is 0.733. The molecule has 2 aromatic rings. The van der Waals surface area contributed by atoms with Crippen molar-refractivity contribution in [2.24, 2.45) is 5.92 Å². The number of fused-ring (bicyclic) bond motifs is 1. The van der Waals surface area contributed by atoms with E-state index in [-0.39, 0.29) is 11.7 Å². The molecule has 5 heteroatoms. The van der Waals surface area contributed by atoms with Crippen LogP contribution in [0.4, 0.5) is 0 Å². The first-order chi connectivity index (χ1) is 7.34. The summed E-state index contributed by atoms with van der Waals surface area (Å²) >= 11 is 0. The van der Waals surface area contributed by atoms with Gasteiger partial charge in [0.1, 0.15) is 12.1 Å². The van der Waals surface area contributed by atoms with Crippen LogP contribution in [0.25, 0.3) is 5.65 Å². The van der Waals surface area contributed by atoms with Gasteiger partial charge in [0, 0.05) is 18.3 Å². The molecule has 0 unspecified atom stereocenters. The highest BCUT2D eigenvalue weighted by atomic mass is 16.1. The zero-order valence-electron chi connectivity index (χ0n) is 8.13. The third kappa shape index (κ3) is 1.49. The Balaban J connectivity index is 1.95. The molecule has 0 bridgehead atoms. The van der Waals surface area contributed by atoms with Crippen molar-refractivity contribution in [3.8, 4) is 0 Å². The van der Waals surface area contributed by atoms with E-state index in [1.165, 1.54) is 0 Å². The highest BCUT2D eigenvalue weighted by molar-refractivity contribution is 5.85. The molecule has 1 aliphatic carbocycles. The van der Waals surface area contributed by atoms with Crippen molar-refractivity contribution in [1.29, 1.82) is 0 Å². The van der Waals surface area contributed by atoms with Crippen molar-refractivity contribution < 1.29 is 4.79 Å². The van der Waals surface area contributed by atoms with E-state index in [0.717, 1.165) is 18.5 Å². The molecule has 0 atom stereocenters. The summed E-state index contributed by atoms with van der Waals surface area (Å²) in [6.07, 6.45) is 7.52. The number of rotatable bonds is 3. The molecule has 2 aromatic heterocycles. The Morgan fingerprint density at radius 1 is 1.53 bits per heavy atom. The fourth-order valence-corrected chi connectivity index (χ4v) is 1.65. The molecule has 0 amide bonds. The van der Waals surface area contributed by atoms with Gasteiger partial charge in [0.25, 0.3) is 0 Å². The smallest absolute Gasteiger partial charge is 0.182 e. The summed E-state index contributed by atoms with van der Waals surface area (Å²) in [5.74, 6) is 0.550. The number of aromatic nitrogens is 4. The summed E-state index contributed by atoms with van der Waals surface area (Å²) in [5.41, 5.74) is 1.42. The average molecular weight is 202 g/mol. The largest absolute Gasteiger partial charge is 0.299 e. The van der Waals surface area contributed by atoms with Gasteiger partial charge in [0.05, 0.1) is 12.1 Å². The highest BCUT2D eigenvalue weighted by Gasteiger charge is 2.30. The summed E-state index contributed by atoms with van der Waals surface area (Å²) < 4.78 is 1.78. The minimum Gasteiger partial charge on any atom is -0.299 e. The molecule has 2 heterocycles. The monoisotopic (exact) mass is 202 g/mol. The summed E-state index contributed by atoms with van der Waals surface area (Å²) in [5, 5.41) is 7.74. The van der Waals surface area contributed by atoms with E-state index in [9.17, 15) is 4.79 Å². The van der Waals surface area contributed by atoms with Gasteiger partial charge in [-0.15, -0.1) is 10.2 Å². The van der Waals surface area contributed by atoms with Crippen LogP contribution < -0.4 is 0 Å². The molecule has 0 aromatic carbocycles. The Labute approximate surface area is 86.2 Å². The minimum absolute atomic E-state index is 0.273. The molecule has 1 saturated carbocycles. The molecule has 0 N–H and O–H groups in total. The average Bonchev–Trinajstić information content (AvgIpc) is 2.97. The Morgan fingerprint density at radius 2 is 2.40 bits per heavy atom. The predicted molar refractivity (Wildman–Crippen MR) is 52.2 cm³/mol. The van der Waals surface area contributed by atoms with Crippen molar-refractivity contribution in [2.45, 2.75) is 19.3 Å². The minimum atomic E-state index is 0.273. The van der Waals surface area contributed by atoms with Crippen molar-refractivity contribution in [2.75, 3.05) is 0 Å². The molecule has 1 fully saturated rings. The number of carbonyl (C=O) groups excluding carboxylic acids is 1. The molecule has 15 heavy (non-hydrogen) atoms. The van der Waals surface area contributed by atoms with E-state index < -0.39 is 0 Å². The van der Waals surface area contributed by atoms with Crippen molar-refractivity contribution in [1.82, 2.24) is 19.6 Å². The van der Waals surface area contributed by atoms with E-state index in [2.05, 4.69) is 15.2 Å². The van der Waals surface area contributed by atoms with E-state index in [4.69, 9.17) is 0 Å². The Bertz CT molecular complexity index is 515. The second-order valence-electron chi connectivity index (χ2n) is 3.85. The number of ketones is 1. The van der Waals surface area contributed by atoms with Gasteiger partial charge in [-0.25, -0.2) is 0 Å². The lowest BCUT2D eigenvalue weighted by Crippen LogP contribution is -2.07. The van der Waals surface area contributed by atoms with Crippen molar-refractivity contribution in [3.05, 3.63) is 24.4 Å². The molecule has 76 valence electrons. The third-order valence-electron chi connectivity index (χ3n) is 2.66. The molecule has 3 rings (SSSR count). The lowest BCUT2D eigenvalue weighted by Gasteiger charge is -1.99. The summed E-state index contributed by atoms with van der Waals surface area (Å²) in [6.45, 7) is 0. The highest BCUT2D eigenvalue weighted by Crippen LogP contribution is 2.30. The molecule has 1 aliphatic rings. The molecule has 0 saturated heterocycles. The maximum atomic E-state index is 11.6. The van der Waals surface area contributed by atoms with Crippen molar-refractivity contribution in [3.63, 3.8) is 0 Å². The first kappa shape index (κ1) is 8.52. The van der Waals surface area contributed by atoms with Gasteiger partial charge in [0.2, 0.25) is 0 Å². The number of hydrogen-bond donors (Lipinski definition) is 0. The second-order valence-corrected chi connectivity index (χ2v) is 3.85.